The van der Waals surface area contributed by atoms with Gasteiger partial charge in [-0.25, -0.2) is 4.98 Å². The van der Waals surface area contributed by atoms with Gasteiger partial charge in [0.25, 0.3) is 5.91 Å². The largest absolute Gasteiger partial charge is 0.481 e. The second-order valence-electron chi connectivity index (χ2n) is 5.42. The molecule has 0 radical (unpaired) electrons. The maximum Gasteiger partial charge on any atom is 0.256 e. The second kappa shape index (κ2) is 6.22. The van der Waals surface area contributed by atoms with Gasteiger partial charge < -0.3 is 14.8 Å². The molecule has 1 heterocycles. The first-order chi connectivity index (χ1) is 9.59. The smallest absolute Gasteiger partial charge is 0.256 e. The van der Waals surface area contributed by atoms with E-state index in [-0.39, 0.29) is 5.91 Å². The van der Waals surface area contributed by atoms with E-state index >= 15 is 0 Å². The Kier molecular flexibility index (Phi) is 4.60. The molecule has 5 nitrogen and oxygen atoms in total. The average molecular weight is 278 g/mol. The number of anilines is 1. The molecule has 1 saturated carbocycles. The standard InChI is InChI=1S/C15H22N2O3/c1-11-6-8-15(20-3,9-7-11)14(18)17-12-4-5-13(19-2)16-10-12/h4-5,10-11H,6-9H2,1-3H3,(H,17,18). The van der Waals surface area contributed by atoms with E-state index in [9.17, 15) is 4.79 Å². The minimum atomic E-state index is -0.702. The second-order valence-corrected chi connectivity index (χ2v) is 5.42. The van der Waals surface area contributed by atoms with Crippen LogP contribution in [0.5, 0.6) is 5.88 Å². The van der Waals surface area contributed by atoms with E-state index in [1.54, 1.807) is 32.5 Å². The lowest BCUT2D eigenvalue weighted by molar-refractivity contribution is -0.142. The quantitative estimate of drug-likeness (QED) is 0.919. The first kappa shape index (κ1) is 14.8. The predicted octanol–water partition coefficient (Wildman–Crippen LogP) is 2.62. The number of ether oxygens (including phenoxy) is 2. The van der Waals surface area contributed by atoms with Gasteiger partial charge in [-0.3, -0.25) is 4.79 Å². The summed E-state index contributed by atoms with van der Waals surface area (Å²) in [5.74, 6) is 1.10. The molecular weight excluding hydrogens is 256 g/mol. The molecule has 0 unspecified atom stereocenters. The monoisotopic (exact) mass is 278 g/mol. The summed E-state index contributed by atoms with van der Waals surface area (Å²) in [6.07, 6.45) is 5.15. The molecule has 1 N–H and O–H groups in total. The van der Waals surface area contributed by atoms with E-state index in [1.165, 1.54) is 0 Å². The third-order valence-electron chi connectivity index (χ3n) is 4.09. The molecule has 1 aromatic heterocycles. The number of carbonyl (C=O) groups excluding carboxylic acids is 1. The number of carbonyl (C=O) groups is 1. The number of nitrogens with zero attached hydrogens (tertiary/aromatic N) is 1. The normalized spacial score (nSPS) is 26.1. The van der Waals surface area contributed by atoms with Crippen molar-refractivity contribution in [2.45, 2.75) is 38.2 Å². The summed E-state index contributed by atoms with van der Waals surface area (Å²) >= 11 is 0. The number of hydrogen-bond donors (Lipinski definition) is 1. The van der Waals surface area contributed by atoms with Crippen LogP contribution in [0.15, 0.2) is 18.3 Å². The minimum absolute atomic E-state index is 0.0844. The summed E-state index contributed by atoms with van der Waals surface area (Å²) in [6, 6.07) is 3.50. The maximum absolute atomic E-state index is 12.5. The highest BCUT2D eigenvalue weighted by molar-refractivity contribution is 5.97. The van der Waals surface area contributed by atoms with Gasteiger partial charge in [0.2, 0.25) is 5.88 Å². The average Bonchev–Trinajstić information content (AvgIpc) is 2.49. The Morgan fingerprint density at radius 3 is 2.55 bits per heavy atom. The summed E-state index contributed by atoms with van der Waals surface area (Å²) in [5, 5.41) is 2.89. The SMILES string of the molecule is COc1ccc(NC(=O)C2(OC)CCC(C)CC2)cn1. The molecule has 0 spiro atoms. The Bertz CT molecular complexity index is 451. The van der Waals surface area contributed by atoms with Gasteiger partial charge in [0.05, 0.1) is 19.0 Å². The van der Waals surface area contributed by atoms with Gasteiger partial charge >= 0.3 is 0 Å². The molecule has 1 aliphatic carbocycles. The minimum Gasteiger partial charge on any atom is -0.481 e. The van der Waals surface area contributed by atoms with Crippen molar-refractivity contribution in [3.63, 3.8) is 0 Å². The van der Waals surface area contributed by atoms with Crippen molar-refractivity contribution < 1.29 is 14.3 Å². The van der Waals surface area contributed by atoms with Gasteiger partial charge in [-0.15, -0.1) is 0 Å². The van der Waals surface area contributed by atoms with E-state index in [2.05, 4.69) is 17.2 Å². The third kappa shape index (κ3) is 3.10. The number of pyridine rings is 1. The number of methoxy groups -OCH3 is 2. The van der Waals surface area contributed by atoms with E-state index in [0.29, 0.717) is 17.5 Å². The number of rotatable bonds is 4. The fraction of sp³-hybridized carbons (Fsp3) is 0.600. The first-order valence-corrected chi connectivity index (χ1v) is 6.96. The maximum atomic E-state index is 12.5. The van der Waals surface area contributed by atoms with E-state index < -0.39 is 5.60 Å². The van der Waals surface area contributed by atoms with E-state index in [4.69, 9.17) is 9.47 Å². The van der Waals surface area contributed by atoms with Gasteiger partial charge in [0.15, 0.2) is 0 Å². The number of nitrogens with one attached hydrogen (secondary N) is 1. The lowest BCUT2D eigenvalue weighted by Gasteiger charge is -2.36. The molecule has 0 atom stereocenters. The lowest BCUT2D eigenvalue weighted by atomic mass is 9.79. The zero-order valence-electron chi connectivity index (χ0n) is 12.3. The Hall–Kier alpha value is -1.62. The van der Waals surface area contributed by atoms with Gasteiger partial charge in [-0.2, -0.15) is 0 Å². The zero-order chi connectivity index (χ0) is 14.6. The highest BCUT2D eigenvalue weighted by atomic mass is 16.5. The van der Waals surface area contributed by atoms with Crippen molar-refractivity contribution in [3.05, 3.63) is 18.3 Å². The van der Waals surface area contributed by atoms with Gasteiger partial charge in [-0.1, -0.05) is 6.92 Å². The van der Waals surface area contributed by atoms with Crippen LogP contribution in [0, 0.1) is 5.92 Å². The van der Waals surface area contributed by atoms with Crippen molar-refractivity contribution in [3.8, 4) is 5.88 Å². The van der Waals surface area contributed by atoms with Gasteiger partial charge in [0.1, 0.15) is 5.60 Å². The Labute approximate surface area is 119 Å². The van der Waals surface area contributed by atoms with Crippen LogP contribution in [0.3, 0.4) is 0 Å². The fourth-order valence-electron chi connectivity index (χ4n) is 2.57. The first-order valence-electron chi connectivity index (χ1n) is 6.96. The van der Waals surface area contributed by atoms with Crippen molar-refractivity contribution in [2.24, 2.45) is 5.92 Å². The molecule has 5 heteroatoms. The molecule has 110 valence electrons. The highest BCUT2D eigenvalue weighted by Crippen LogP contribution is 2.35. The number of hydrogen-bond acceptors (Lipinski definition) is 4. The highest BCUT2D eigenvalue weighted by Gasteiger charge is 2.41. The lowest BCUT2D eigenvalue weighted by Crippen LogP contribution is -2.47. The van der Waals surface area contributed by atoms with Crippen LogP contribution in [-0.4, -0.2) is 30.7 Å². The number of amides is 1. The van der Waals surface area contributed by atoms with Crippen LogP contribution in [0.1, 0.15) is 32.6 Å². The summed E-state index contributed by atoms with van der Waals surface area (Å²) < 4.78 is 10.5. The molecule has 1 fully saturated rings. The molecule has 0 bridgehead atoms. The van der Waals surface area contributed by atoms with Gasteiger partial charge in [-0.05, 0) is 37.7 Å². The van der Waals surface area contributed by atoms with Crippen molar-refractivity contribution >= 4 is 11.6 Å². The predicted molar refractivity (Wildman–Crippen MR) is 76.8 cm³/mol. The third-order valence-corrected chi connectivity index (χ3v) is 4.09. The van der Waals surface area contributed by atoms with Crippen LogP contribution >= 0.6 is 0 Å². The molecule has 20 heavy (non-hydrogen) atoms. The molecule has 2 rings (SSSR count). The van der Waals surface area contributed by atoms with Crippen molar-refractivity contribution in [1.82, 2.24) is 4.98 Å². The summed E-state index contributed by atoms with van der Waals surface area (Å²) in [5.41, 5.74) is -0.0438. The Balaban J connectivity index is 2.05. The van der Waals surface area contributed by atoms with Crippen LogP contribution in [0.4, 0.5) is 5.69 Å². The summed E-state index contributed by atoms with van der Waals surface area (Å²) in [6.45, 7) is 2.21. The molecule has 1 amide bonds. The Morgan fingerprint density at radius 1 is 1.35 bits per heavy atom. The van der Waals surface area contributed by atoms with Gasteiger partial charge in [0, 0.05) is 13.2 Å². The van der Waals surface area contributed by atoms with E-state index in [1.807, 2.05) is 0 Å². The van der Waals surface area contributed by atoms with E-state index in [0.717, 1.165) is 25.7 Å². The fourth-order valence-corrected chi connectivity index (χ4v) is 2.57. The summed E-state index contributed by atoms with van der Waals surface area (Å²) in [4.78, 5) is 16.6. The molecule has 0 aliphatic heterocycles. The van der Waals surface area contributed by atoms with Crippen molar-refractivity contribution in [1.29, 1.82) is 0 Å². The van der Waals surface area contributed by atoms with Crippen LogP contribution in [-0.2, 0) is 9.53 Å². The van der Waals surface area contributed by atoms with Crippen molar-refractivity contribution in [2.75, 3.05) is 19.5 Å². The molecule has 1 aliphatic rings. The molecule has 0 saturated heterocycles. The molecular formula is C15H22N2O3. The Morgan fingerprint density at radius 2 is 2.05 bits per heavy atom. The molecule has 0 aromatic carbocycles. The van der Waals surface area contributed by atoms with Crippen LogP contribution in [0.25, 0.3) is 0 Å². The summed E-state index contributed by atoms with van der Waals surface area (Å²) in [7, 11) is 3.17. The zero-order valence-corrected chi connectivity index (χ0v) is 12.3. The topological polar surface area (TPSA) is 60.5 Å². The molecule has 1 aromatic rings. The van der Waals surface area contributed by atoms with Crippen LogP contribution < -0.4 is 10.1 Å². The van der Waals surface area contributed by atoms with Crippen LogP contribution in [0.2, 0.25) is 0 Å². The number of aromatic nitrogens is 1.